The molecule has 1 aromatic carbocycles. The maximum Gasteiger partial charge on any atom is 0.321 e. The maximum absolute atomic E-state index is 11.3. The van der Waals surface area contributed by atoms with Crippen LogP contribution in [0.15, 0.2) is 12.1 Å². The summed E-state index contributed by atoms with van der Waals surface area (Å²) in [4.78, 5) is 14.7. The molecular weight excluding hydrogens is 264 g/mol. The fourth-order valence-electron chi connectivity index (χ4n) is 3.40. The molecule has 0 radical (unpaired) electrons. The fourth-order valence-corrected chi connectivity index (χ4v) is 3.40. The minimum Gasteiger partial charge on any atom is -0.480 e. The van der Waals surface area contributed by atoms with Gasteiger partial charge in [-0.2, -0.15) is 0 Å². The van der Waals surface area contributed by atoms with Gasteiger partial charge in [-0.05, 0) is 68.5 Å². The van der Waals surface area contributed by atoms with E-state index >= 15 is 0 Å². The maximum atomic E-state index is 11.3. The molecule has 2 aromatic rings. The number of carboxylic acid groups (broad SMARTS) is 1. The Kier molecular flexibility index (Phi) is 3.72. The molecule has 1 heterocycles. The number of nitrogens with one attached hydrogen (secondary N) is 2. The zero-order valence-corrected chi connectivity index (χ0v) is 12.6. The Labute approximate surface area is 124 Å². The monoisotopic (exact) mass is 286 g/mol. The molecule has 21 heavy (non-hydrogen) atoms. The third-order valence-corrected chi connectivity index (χ3v) is 4.64. The van der Waals surface area contributed by atoms with E-state index in [9.17, 15) is 9.90 Å². The molecule has 0 spiro atoms. The lowest BCUT2D eigenvalue weighted by Gasteiger charge is -2.16. The van der Waals surface area contributed by atoms with Crippen molar-refractivity contribution in [2.75, 3.05) is 7.05 Å². The SMILES string of the molecule is CNC(Cc1c(C)[nH]c2cc3c(cc12)CCCC3)C(=O)O. The predicted molar refractivity (Wildman–Crippen MR) is 83.9 cm³/mol. The summed E-state index contributed by atoms with van der Waals surface area (Å²) >= 11 is 0. The normalized spacial score (nSPS) is 15.9. The van der Waals surface area contributed by atoms with Crippen molar-refractivity contribution in [3.63, 3.8) is 0 Å². The van der Waals surface area contributed by atoms with Gasteiger partial charge in [-0.25, -0.2) is 0 Å². The summed E-state index contributed by atoms with van der Waals surface area (Å²) < 4.78 is 0. The van der Waals surface area contributed by atoms with Crippen LogP contribution in [0.1, 0.15) is 35.2 Å². The lowest BCUT2D eigenvalue weighted by atomic mass is 9.89. The second kappa shape index (κ2) is 5.53. The van der Waals surface area contributed by atoms with E-state index < -0.39 is 12.0 Å². The molecule has 1 aliphatic carbocycles. The van der Waals surface area contributed by atoms with Crippen LogP contribution < -0.4 is 5.32 Å². The highest BCUT2D eigenvalue weighted by molar-refractivity contribution is 5.87. The number of aryl methyl sites for hydroxylation is 3. The number of aromatic nitrogens is 1. The molecule has 0 saturated heterocycles. The Morgan fingerprint density at radius 1 is 1.33 bits per heavy atom. The van der Waals surface area contributed by atoms with Crippen molar-refractivity contribution in [2.24, 2.45) is 0 Å². The van der Waals surface area contributed by atoms with E-state index in [0.717, 1.165) is 29.6 Å². The fraction of sp³-hybridized carbons (Fsp3) is 0.471. The van der Waals surface area contributed by atoms with Crippen molar-refractivity contribution >= 4 is 16.9 Å². The van der Waals surface area contributed by atoms with Crippen molar-refractivity contribution in [3.8, 4) is 0 Å². The molecule has 1 aromatic heterocycles. The average Bonchev–Trinajstić information content (AvgIpc) is 2.76. The molecule has 0 saturated carbocycles. The highest BCUT2D eigenvalue weighted by atomic mass is 16.4. The van der Waals surface area contributed by atoms with E-state index in [1.807, 2.05) is 6.92 Å². The van der Waals surface area contributed by atoms with Gasteiger partial charge in [0.05, 0.1) is 0 Å². The molecule has 3 N–H and O–H groups in total. The Bertz CT molecular complexity index is 688. The second-order valence-electron chi connectivity index (χ2n) is 5.99. The highest BCUT2D eigenvalue weighted by Gasteiger charge is 2.20. The Morgan fingerprint density at radius 3 is 2.62 bits per heavy atom. The first kappa shape index (κ1) is 14.1. The number of H-pyrrole nitrogens is 1. The van der Waals surface area contributed by atoms with Crippen LogP contribution in [0.2, 0.25) is 0 Å². The Morgan fingerprint density at radius 2 is 2.00 bits per heavy atom. The largest absolute Gasteiger partial charge is 0.480 e. The van der Waals surface area contributed by atoms with Gasteiger partial charge in [0.2, 0.25) is 0 Å². The summed E-state index contributed by atoms with van der Waals surface area (Å²) in [5.74, 6) is -0.802. The summed E-state index contributed by atoms with van der Waals surface area (Å²) in [6.45, 7) is 2.03. The van der Waals surface area contributed by atoms with Gasteiger partial charge >= 0.3 is 5.97 Å². The summed E-state index contributed by atoms with van der Waals surface area (Å²) in [5.41, 5.74) is 6.23. The van der Waals surface area contributed by atoms with Gasteiger partial charge in [-0.1, -0.05) is 0 Å². The van der Waals surface area contributed by atoms with Crippen molar-refractivity contribution in [2.45, 2.75) is 45.1 Å². The minimum atomic E-state index is -0.802. The molecule has 0 bridgehead atoms. The molecule has 1 atom stereocenters. The highest BCUT2D eigenvalue weighted by Crippen LogP contribution is 2.30. The summed E-state index contributed by atoms with van der Waals surface area (Å²) in [5, 5.41) is 13.3. The third kappa shape index (κ3) is 2.56. The van der Waals surface area contributed by atoms with Crippen LogP contribution in [0.3, 0.4) is 0 Å². The van der Waals surface area contributed by atoms with Crippen LogP contribution in [-0.2, 0) is 24.1 Å². The number of aromatic amines is 1. The van der Waals surface area contributed by atoms with Gasteiger partial charge in [0, 0.05) is 23.0 Å². The first-order valence-electron chi connectivity index (χ1n) is 7.63. The summed E-state index contributed by atoms with van der Waals surface area (Å²) in [6, 6.07) is 3.99. The van der Waals surface area contributed by atoms with E-state index in [0.29, 0.717) is 6.42 Å². The molecule has 4 nitrogen and oxygen atoms in total. The third-order valence-electron chi connectivity index (χ3n) is 4.64. The molecule has 112 valence electrons. The molecule has 3 rings (SSSR count). The minimum absolute atomic E-state index is 0.510. The topological polar surface area (TPSA) is 65.1 Å². The van der Waals surface area contributed by atoms with Gasteiger partial charge in [0.25, 0.3) is 0 Å². The lowest BCUT2D eigenvalue weighted by Crippen LogP contribution is -2.35. The van der Waals surface area contributed by atoms with Crippen molar-refractivity contribution in [1.82, 2.24) is 10.3 Å². The molecular formula is C17H22N2O2. The number of fused-ring (bicyclic) bond motifs is 2. The molecule has 1 aliphatic rings. The standard InChI is InChI=1S/C17H22N2O2/c1-10-13(9-16(18-2)17(20)21)14-7-11-5-3-4-6-12(11)8-15(14)19-10/h7-8,16,18-19H,3-6,9H2,1-2H3,(H,20,21). The number of likely N-dealkylation sites (N-methyl/N-ethyl adjacent to an activating group) is 1. The van der Waals surface area contributed by atoms with Crippen LogP contribution in [-0.4, -0.2) is 29.1 Å². The quantitative estimate of drug-likeness (QED) is 0.809. The van der Waals surface area contributed by atoms with E-state index in [1.165, 1.54) is 29.4 Å². The first-order valence-corrected chi connectivity index (χ1v) is 7.63. The van der Waals surface area contributed by atoms with Crippen LogP contribution >= 0.6 is 0 Å². The second-order valence-corrected chi connectivity index (χ2v) is 5.99. The Hall–Kier alpha value is -1.81. The number of carbonyl (C=O) groups is 1. The molecule has 4 heteroatoms. The molecule has 0 fully saturated rings. The number of aliphatic carboxylic acids is 1. The number of rotatable bonds is 4. The van der Waals surface area contributed by atoms with Crippen LogP contribution in [0.4, 0.5) is 0 Å². The van der Waals surface area contributed by atoms with E-state index in [-0.39, 0.29) is 0 Å². The molecule has 1 unspecified atom stereocenters. The van der Waals surface area contributed by atoms with E-state index in [2.05, 4.69) is 22.4 Å². The predicted octanol–water partition coefficient (Wildman–Crippen LogP) is 2.57. The zero-order valence-electron chi connectivity index (χ0n) is 12.6. The van der Waals surface area contributed by atoms with Crippen molar-refractivity contribution in [1.29, 1.82) is 0 Å². The van der Waals surface area contributed by atoms with E-state index in [1.54, 1.807) is 7.05 Å². The van der Waals surface area contributed by atoms with Gasteiger partial charge in [0.15, 0.2) is 0 Å². The number of hydrogen-bond donors (Lipinski definition) is 3. The van der Waals surface area contributed by atoms with Crippen LogP contribution in [0.25, 0.3) is 10.9 Å². The number of hydrogen-bond acceptors (Lipinski definition) is 2. The molecule has 0 amide bonds. The van der Waals surface area contributed by atoms with Gasteiger partial charge in [-0.15, -0.1) is 0 Å². The van der Waals surface area contributed by atoms with E-state index in [4.69, 9.17) is 0 Å². The smallest absolute Gasteiger partial charge is 0.321 e. The van der Waals surface area contributed by atoms with Crippen LogP contribution in [0, 0.1) is 6.92 Å². The van der Waals surface area contributed by atoms with Crippen molar-refractivity contribution in [3.05, 3.63) is 34.5 Å². The number of carboxylic acids is 1. The zero-order chi connectivity index (χ0) is 15.0. The van der Waals surface area contributed by atoms with Crippen LogP contribution in [0.5, 0.6) is 0 Å². The summed E-state index contributed by atoms with van der Waals surface area (Å²) in [6.07, 6.45) is 5.34. The average molecular weight is 286 g/mol. The van der Waals surface area contributed by atoms with Crippen molar-refractivity contribution < 1.29 is 9.90 Å². The number of benzene rings is 1. The first-order chi connectivity index (χ1) is 10.1. The summed E-state index contributed by atoms with van der Waals surface area (Å²) in [7, 11) is 1.70. The lowest BCUT2D eigenvalue weighted by molar-refractivity contribution is -0.139. The van der Waals surface area contributed by atoms with Gasteiger partial charge < -0.3 is 15.4 Å². The Balaban J connectivity index is 2.05. The van der Waals surface area contributed by atoms with Gasteiger partial charge in [-0.3, -0.25) is 4.79 Å². The van der Waals surface area contributed by atoms with Gasteiger partial charge in [0.1, 0.15) is 6.04 Å². The molecule has 0 aliphatic heterocycles.